The van der Waals surface area contributed by atoms with Gasteiger partial charge in [0, 0.05) is 29.5 Å². The number of rotatable bonds is 2. The van der Waals surface area contributed by atoms with Crippen LogP contribution in [0.1, 0.15) is 23.6 Å². The van der Waals surface area contributed by atoms with Gasteiger partial charge in [0.05, 0.1) is 5.71 Å². The molecule has 23 heavy (non-hydrogen) atoms. The summed E-state index contributed by atoms with van der Waals surface area (Å²) in [6.45, 7) is 1.26. The van der Waals surface area contributed by atoms with Crippen molar-refractivity contribution in [3.63, 3.8) is 0 Å². The van der Waals surface area contributed by atoms with Gasteiger partial charge in [-0.3, -0.25) is 9.59 Å². The number of esters is 1. The summed E-state index contributed by atoms with van der Waals surface area (Å²) in [5.74, 6) is -0.793. The molecular formula is C18H14ClNO3. The number of hydrogen-bond donors (Lipinski definition) is 0. The van der Waals surface area contributed by atoms with Crippen LogP contribution in [0.2, 0.25) is 5.02 Å². The van der Waals surface area contributed by atoms with E-state index in [4.69, 9.17) is 16.3 Å². The Balaban J connectivity index is 2.18. The molecule has 116 valence electrons. The molecule has 1 atom stereocenters. The molecule has 3 rings (SSSR count). The topological polar surface area (TPSA) is 55.7 Å². The van der Waals surface area contributed by atoms with E-state index in [0.29, 0.717) is 10.7 Å². The fourth-order valence-electron chi connectivity index (χ4n) is 2.53. The summed E-state index contributed by atoms with van der Waals surface area (Å²) in [6.07, 6.45) is -0.988. The van der Waals surface area contributed by atoms with Crippen molar-refractivity contribution in [1.29, 1.82) is 0 Å². The number of hydrogen-bond acceptors (Lipinski definition) is 4. The molecule has 0 saturated carbocycles. The summed E-state index contributed by atoms with van der Waals surface area (Å²) in [5, 5.41) is 0.561. The molecule has 0 bridgehead atoms. The van der Waals surface area contributed by atoms with Crippen molar-refractivity contribution in [3.05, 3.63) is 70.2 Å². The number of carbonyl (C=O) groups is 2. The lowest BCUT2D eigenvalue weighted by atomic mass is 10.2. The Bertz CT molecular complexity index is 799. The van der Waals surface area contributed by atoms with E-state index in [0.717, 1.165) is 16.7 Å². The fourth-order valence-corrected chi connectivity index (χ4v) is 2.70. The van der Waals surface area contributed by atoms with E-state index < -0.39 is 12.2 Å². The summed E-state index contributed by atoms with van der Waals surface area (Å²) < 4.78 is 5.09. The third-order valence-electron chi connectivity index (χ3n) is 3.54. The molecule has 0 aromatic heterocycles. The van der Waals surface area contributed by atoms with Gasteiger partial charge in [-0.2, -0.15) is 0 Å². The zero-order valence-corrected chi connectivity index (χ0v) is 13.2. The van der Waals surface area contributed by atoms with Gasteiger partial charge in [-0.05, 0) is 17.7 Å². The van der Waals surface area contributed by atoms with Crippen molar-refractivity contribution >= 4 is 29.1 Å². The third-order valence-corrected chi connectivity index (χ3v) is 3.77. The van der Waals surface area contributed by atoms with E-state index in [2.05, 4.69) is 4.99 Å². The molecule has 2 aromatic carbocycles. The van der Waals surface area contributed by atoms with Crippen molar-refractivity contribution in [1.82, 2.24) is 0 Å². The predicted octanol–water partition coefficient (Wildman–Crippen LogP) is 3.19. The number of Topliss-reactive ketones (excluding diaryl/α,β-unsaturated/α-hetero) is 1. The quantitative estimate of drug-likeness (QED) is 0.793. The Labute approximate surface area is 138 Å². The zero-order chi connectivity index (χ0) is 16.4. The molecule has 1 heterocycles. The van der Waals surface area contributed by atoms with Crippen LogP contribution in [0.5, 0.6) is 0 Å². The van der Waals surface area contributed by atoms with Crippen molar-refractivity contribution < 1.29 is 14.3 Å². The molecule has 0 saturated heterocycles. The molecular weight excluding hydrogens is 320 g/mol. The number of ether oxygens (including phenoxy) is 1. The Kier molecular flexibility index (Phi) is 4.26. The number of nitrogens with zero attached hydrogens (tertiary/aromatic N) is 1. The van der Waals surface area contributed by atoms with Crippen molar-refractivity contribution in [3.8, 4) is 0 Å². The normalized spacial score (nSPS) is 17.0. The first-order chi connectivity index (χ1) is 11.0. The lowest BCUT2D eigenvalue weighted by Gasteiger charge is -2.11. The van der Waals surface area contributed by atoms with Gasteiger partial charge in [0.15, 0.2) is 0 Å². The number of ketones is 1. The summed E-state index contributed by atoms with van der Waals surface area (Å²) in [6, 6.07) is 14.8. The van der Waals surface area contributed by atoms with Crippen LogP contribution in [0, 0.1) is 0 Å². The standard InChI is InChI=1S/C18H14ClNO3/c1-11(21)23-18-16(22)9-13-7-8-14(19)10-15(13)17(20-18)12-5-3-2-4-6-12/h2-8,10,18H,9H2,1H3/i7+1,8+1,10+1,13+1,14+1,15+1. The maximum atomic E-state index is 12.4. The van der Waals surface area contributed by atoms with Crippen LogP contribution in [-0.2, 0) is 20.7 Å². The molecule has 1 unspecified atom stereocenters. The second-order valence-electron chi connectivity index (χ2n) is 5.25. The summed E-state index contributed by atoms with van der Waals surface area (Å²) in [7, 11) is 0. The van der Waals surface area contributed by atoms with Crippen molar-refractivity contribution in [2.75, 3.05) is 0 Å². The van der Waals surface area contributed by atoms with Gasteiger partial charge >= 0.3 is 5.97 Å². The molecule has 0 aliphatic carbocycles. The molecule has 1 aliphatic heterocycles. The van der Waals surface area contributed by atoms with Gasteiger partial charge in [0.25, 0.3) is 6.23 Å². The number of carbonyl (C=O) groups excluding carboxylic acids is 2. The van der Waals surface area contributed by atoms with E-state index in [9.17, 15) is 9.59 Å². The highest BCUT2D eigenvalue weighted by Crippen LogP contribution is 2.25. The number of halogens is 1. The van der Waals surface area contributed by atoms with Gasteiger partial charge in [0.2, 0.25) is 5.78 Å². The van der Waals surface area contributed by atoms with E-state index in [1.807, 2.05) is 36.4 Å². The first-order valence-electron chi connectivity index (χ1n) is 7.16. The SMILES string of the molecule is CC(=O)OC1N=C(c2ccccc2)[13c]2[13cH][13c](Cl)[13cH][13cH][13c]2CC1=O. The summed E-state index contributed by atoms with van der Waals surface area (Å²) in [4.78, 5) is 28.0. The van der Waals surface area contributed by atoms with Crippen LogP contribution >= 0.6 is 11.6 Å². The Hall–Kier alpha value is -2.46. The minimum absolute atomic E-state index is 0.143. The maximum absolute atomic E-state index is 12.4. The fraction of sp³-hybridized carbons (Fsp3) is 0.167. The van der Waals surface area contributed by atoms with Crippen LogP contribution in [0.15, 0.2) is 53.5 Å². The molecule has 1 aliphatic rings. The monoisotopic (exact) mass is 333 g/mol. The van der Waals surface area contributed by atoms with Crippen LogP contribution in [0.3, 0.4) is 0 Å². The van der Waals surface area contributed by atoms with E-state index in [-0.39, 0.29) is 12.2 Å². The molecule has 5 heteroatoms. The lowest BCUT2D eigenvalue weighted by Crippen LogP contribution is -2.25. The second kappa shape index (κ2) is 6.34. The molecule has 0 spiro atoms. The van der Waals surface area contributed by atoms with Gasteiger partial charge in [-0.25, -0.2) is 4.99 Å². The largest absolute Gasteiger partial charge is 0.432 e. The number of fused-ring (bicyclic) bond motifs is 1. The van der Waals surface area contributed by atoms with Crippen LogP contribution in [-0.4, -0.2) is 23.7 Å². The lowest BCUT2D eigenvalue weighted by molar-refractivity contribution is -0.152. The second-order valence-corrected chi connectivity index (χ2v) is 5.69. The van der Waals surface area contributed by atoms with Crippen LogP contribution in [0.4, 0.5) is 0 Å². The van der Waals surface area contributed by atoms with Gasteiger partial charge in [-0.1, -0.05) is 48.0 Å². The smallest absolute Gasteiger partial charge is 0.304 e. The Morgan fingerprint density at radius 2 is 1.96 bits per heavy atom. The minimum Gasteiger partial charge on any atom is -0.432 e. The maximum Gasteiger partial charge on any atom is 0.304 e. The van der Waals surface area contributed by atoms with E-state index >= 15 is 0 Å². The first kappa shape index (κ1) is 15.4. The molecule has 4 nitrogen and oxygen atoms in total. The Morgan fingerprint density at radius 3 is 2.65 bits per heavy atom. The van der Waals surface area contributed by atoms with Gasteiger partial charge in [-0.15, -0.1) is 0 Å². The highest BCUT2D eigenvalue weighted by Gasteiger charge is 2.28. The zero-order valence-electron chi connectivity index (χ0n) is 12.5. The molecule has 0 N–H and O–H groups in total. The number of benzene rings is 2. The highest BCUT2D eigenvalue weighted by atomic mass is 35.5. The first-order valence-corrected chi connectivity index (χ1v) is 7.54. The van der Waals surface area contributed by atoms with Gasteiger partial charge in [0.1, 0.15) is 0 Å². The van der Waals surface area contributed by atoms with E-state index in [1.165, 1.54) is 6.92 Å². The molecule has 0 radical (unpaired) electrons. The average molecular weight is 334 g/mol. The summed E-state index contributed by atoms with van der Waals surface area (Å²) in [5.41, 5.74) is 3.03. The average Bonchev–Trinajstić information content (AvgIpc) is 2.65. The summed E-state index contributed by atoms with van der Waals surface area (Å²) >= 11 is 6.11. The van der Waals surface area contributed by atoms with Crippen LogP contribution < -0.4 is 0 Å². The predicted molar refractivity (Wildman–Crippen MR) is 87.8 cm³/mol. The highest BCUT2D eigenvalue weighted by molar-refractivity contribution is 6.31. The third kappa shape index (κ3) is 3.32. The van der Waals surface area contributed by atoms with Gasteiger partial charge < -0.3 is 4.74 Å². The molecule has 0 amide bonds. The molecule has 0 fully saturated rings. The Morgan fingerprint density at radius 1 is 1.22 bits per heavy atom. The van der Waals surface area contributed by atoms with Crippen molar-refractivity contribution in [2.45, 2.75) is 19.6 Å². The van der Waals surface area contributed by atoms with Crippen molar-refractivity contribution in [2.24, 2.45) is 4.99 Å². The minimum atomic E-state index is -1.13. The number of aliphatic imine (C=N–C) groups is 1. The van der Waals surface area contributed by atoms with E-state index in [1.54, 1.807) is 12.1 Å². The molecule has 2 aromatic rings. The van der Waals surface area contributed by atoms with Crippen LogP contribution in [0.25, 0.3) is 0 Å².